The first-order valence-corrected chi connectivity index (χ1v) is 4.44. The fraction of sp³-hybridized carbons (Fsp3) is 0.667. The number of amides is 2. The molecule has 0 saturated carbocycles. The van der Waals surface area contributed by atoms with Crippen molar-refractivity contribution < 1.29 is 9.59 Å². The normalized spacial score (nSPS) is 7.08. The van der Waals surface area contributed by atoms with E-state index in [2.05, 4.69) is 43.6 Å². The van der Waals surface area contributed by atoms with E-state index in [0.717, 1.165) is 6.54 Å². The summed E-state index contributed by atoms with van der Waals surface area (Å²) in [6.45, 7) is 2.98. The molecule has 7 heteroatoms. The molecule has 0 rings (SSSR count). The lowest BCUT2D eigenvalue weighted by Crippen LogP contribution is -1.95. The maximum atomic E-state index is 9.09. The summed E-state index contributed by atoms with van der Waals surface area (Å²) in [6.07, 6.45) is 2.39. The third-order valence-corrected chi connectivity index (χ3v) is 0.558. The first-order valence-electron chi connectivity index (χ1n) is 3.55. The van der Waals surface area contributed by atoms with E-state index in [1.54, 1.807) is 0 Å². The van der Waals surface area contributed by atoms with Crippen molar-refractivity contribution in [3.05, 3.63) is 0 Å². The first-order chi connectivity index (χ1) is 5.88. The Hall–Kier alpha value is -0.400. The van der Waals surface area contributed by atoms with E-state index in [9.17, 15) is 0 Å². The number of thiol groups is 2. The summed E-state index contributed by atoms with van der Waals surface area (Å²) >= 11 is 6.21. The van der Waals surface area contributed by atoms with Crippen LogP contribution in [0.25, 0.3) is 0 Å². The molecule has 5 nitrogen and oxygen atoms in total. The second-order valence-corrected chi connectivity index (χ2v) is 2.70. The number of hydrogen-bond acceptors (Lipinski definition) is 3. The van der Waals surface area contributed by atoms with Gasteiger partial charge in [-0.3, -0.25) is 9.59 Å². The van der Waals surface area contributed by atoms with Gasteiger partial charge in [0.05, 0.1) is 0 Å². The van der Waals surface area contributed by atoms with E-state index in [1.165, 1.54) is 12.8 Å². The Bertz CT molecular complexity index is 111. The highest BCUT2D eigenvalue weighted by Gasteiger charge is 1.68. The third-order valence-electron chi connectivity index (χ3n) is 0.558. The predicted molar refractivity (Wildman–Crippen MR) is 61.1 cm³/mol. The molecular weight excluding hydrogens is 210 g/mol. The minimum atomic E-state index is -0.639. The molecular formula is C6H17N3O2S2. The Kier molecular flexibility index (Phi) is 24.9. The Balaban J connectivity index is -0.000000117. The van der Waals surface area contributed by atoms with Crippen LogP contribution in [0, 0.1) is 0 Å². The first kappa shape index (κ1) is 18.4. The fourth-order valence-electron chi connectivity index (χ4n) is 0.204. The van der Waals surface area contributed by atoms with Gasteiger partial charge in [-0.25, -0.2) is 0 Å². The molecule has 13 heavy (non-hydrogen) atoms. The SMILES string of the molecule is CCCCN.NC(=O)S.NC(=O)S. The molecule has 0 fully saturated rings. The molecule has 0 atom stereocenters. The molecule has 0 aliphatic carbocycles. The van der Waals surface area contributed by atoms with Crippen molar-refractivity contribution >= 4 is 35.7 Å². The highest BCUT2D eigenvalue weighted by molar-refractivity contribution is 7.96. The van der Waals surface area contributed by atoms with Crippen molar-refractivity contribution in [2.75, 3.05) is 6.54 Å². The molecule has 80 valence electrons. The van der Waals surface area contributed by atoms with Crippen molar-refractivity contribution in [2.24, 2.45) is 17.2 Å². The lowest BCUT2D eigenvalue weighted by atomic mass is 10.3. The summed E-state index contributed by atoms with van der Waals surface area (Å²) in [5, 5.41) is -1.28. The van der Waals surface area contributed by atoms with E-state index in [0.29, 0.717) is 0 Å². The number of carbonyl (C=O) groups excluding carboxylic acids is 2. The van der Waals surface area contributed by atoms with Crippen LogP contribution in [0.4, 0.5) is 9.59 Å². The number of hydrogen-bond donors (Lipinski definition) is 5. The number of rotatable bonds is 2. The van der Waals surface area contributed by atoms with Crippen LogP contribution in [0.3, 0.4) is 0 Å². The van der Waals surface area contributed by atoms with Gasteiger partial charge in [-0.2, -0.15) is 0 Å². The molecule has 0 radical (unpaired) electrons. The van der Waals surface area contributed by atoms with E-state index >= 15 is 0 Å². The zero-order valence-electron chi connectivity index (χ0n) is 7.56. The zero-order valence-corrected chi connectivity index (χ0v) is 9.35. The number of carbonyl (C=O) groups is 2. The maximum Gasteiger partial charge on any atom is 0.273 e. The van der Waals surface area contributed by atoms with Crippen LogP contribution >= 0.6 is 25.3 Å². The standard InChI is InChI=1S/C4H11N.2CH3NOS/c1-2-3-4-5;2*2-1(3)4/h2-5H2,1H3;2*(H3,2,3,4). The number of primary amides is 2. The summed E-state index contributed by atoms with van der Waals surface area (Å²) in [6, 6.07) is 0. The van der Waals surface area contributed by atoms with Gasteiger partial charge < -0.3 is 17.2 Å². The van der Waals surface area contributed by atoms with Crippen LogP contribution in [-0.4, -0.2) is 17.0 Å². The predicted octanol–water partition coefficient (Wildman–Crippen LogP) is 0.735. The van der Waals surface area contributed by atoms with Crippen molar-refractivity contribution in [2.45, 2.75) is 19.8 Å². The number of unbranched alkanes of at least 4 members (excludes halogenated alkanes) is 1. The average Bonchev–Trinajstić information content (AvgIpc) is 1.86. The molecule has 0 bridgehead atoms. The topological polar surface area (TPSA) is 112 Å². The van der Waals surface area contributed by atoms with E-state index in [4.69, 9.17) is 15.3 Å². The lowest BCUT2D eigenvalue weighted by Gasteiger charge is -1.80. The molecule has 0 saturated heterocycles. The average molecular weight is 227 g/mol. The Morgan fingerprint density at radius 1 is 1.15 bits per heavy atom. The largest absolute Gasteiger partial charge is 0.361 e. The molecule has 0 aromatic carbocycles. The van der Waals surface area contributed by atoms with Crippen LogP contribution in [-0.2, 0) is 0 Å². The summed E-state index contributed by atoms with van der Waals surface area (Å²) in [4.78, 5) is 18.2. The van der Waals surface area contributed by atoms with Crippen molar-refractivity contribution in [3.63, 3.8) is 0 Å². The molecule has 6 N–H and O–H groups in total. The van der Waals surface area contributed by atoms with Crippen molar-refractivity contribution in [1.29, 1.82) is 0 Å². The summed E-state index contributed by atoms with van der Waals surface area (Å²) in [5.41, 5.74) is 13.8. The highest BCUT2D eigenvalue weighted by atomic mass is 32.1. The molecule has 2 amide bonds. The Labute approximate surface area is 89.2 Å². The van der Waals surface area contributed by atoms with Gasteiger partial charge in [-0.05, 0) is 13.0 Å². The van der Waals surface area contributed by atoms with Crippen molar-refractivity contribution in [3.8, 4) is 0 Å². The van der Waals surface area contributed by atoms with Crippen LogP contribution in [0.5, 0.6) is 0 Å². The van der Waals surface area contributed by atoms with Gasteiger partial charge in [0.2, 0.25) is 0 Å². The molecule has 0 heterocycles. The van der Waals surface area contributed by atoms with Gasteiger partial charge in [0.15, 0.2) is 0 Å². The molecule has 0 aromatic heterocycles. The smallest absolute Gasteiger partial charge is 0.273 e. The summed E-state index contributed by atoms with van der Waals surface area (Å²) < 4.78 is 0. The number of nitrogens with two attached hydrogens (primary N) is 3. The van der Waals surface area contributed by atoms with Crippen LogP contribution in [0.2, 0.25) is 0 Å². The molecule has 0 aromatic rings. The quantitative estimate of drug-likeness (QED) is 0.448. The van der Waals surface area contributed by atoms with Gasteiger partial charge in [0, 0.05) is 0 Å². The monoisotopic (exact) mass is 227 g/mol. The van der Waals surface area contributed by atoms with Gasteiger partial charge in [-0.15, -0.1) is 0 Å². The highest BCUT2D eigenvalue weighted by Crippen LogP contribution is 1.77. The Morgan fingerprint density at radius 3 is 1.38 bits per heavy atom. The van der Waals surface area contributed by atoms with Crippen molar-refractivity contribution in [1.82, 2.24) is 0 Å². The minimum Gasteiger partial charge on any atom is -0.361 e. The minimum absolute atomic E-state index is 0.639. The van der Waals surface area contributed by atoms with Gasteiger partial charge in [0.25, 0.3) is 10.5 Å². The van der Waals surface area contributed by atoms with E-state index < -0.39 is 10.5 Å². The molecule has 0 unspecified atom stereocenters. The third kappa shape index (κ3) is 418. The second-order valence-electron chi connectivity index (χ2n) is 1.82. The van der Waals surface area contributed by atoms with E-state index in [1.807, 2.05) is 0 Å². The van der Waals surface area contributed by atoms with Crippen LogP contribution < -0.4 is 17.2 Å². The second kappa shape index (κ2) is 17.6. The molecule has 0 aliphatic rings. The van der Waals surface area contributed by atoms with E-state index in [-0.39, 0.29) is 0 Å². The summed E-state index contributed by atoms with van der Waals surface area (Å²) in [7, 11) is 0. The maximum absolute atomic E-state index is 9.09. The van der Waals surface area contributed by atoms with Gasteiger partial charge in [0.1, 0.15) is 0 Å². The molecule has 0 spiro atoms. The van der Waals surface area contributed by atoms with Gasteiger partial charge >= 0.3 is 0 Å². The Morgan fingerprint density at radius 2 is 1.38 bits per heavy atom. The van der Waals surface area contributed by atoms with Crippen LogP contribution in [0.1, 0.15) is 19.8 Å². The fourth-order valence-corrected chi connectivity index (χ4v) is 0.204. The zero-order chi connectivity index (χ0) is 11.3. The van der Waals surface area contributed by atoms with Crippen LogP contribution in [0.15, 0.2) is 0 Å². The summed E-state index contributed by atoms with van der Waals surface area (Å²) in [5.74, 6) is 0. The lowest BCUT2D eigenvalue weighted by molar-refractivity contribution is 0.266. The van der Waals surface area contributed by atoms with Gasteiger partial charge in [-0.1, -0.05) is 38.6 Å². The molecule has 0 aliphatic heterocycles.